The van der Waals surface area contributed by atoms with Gasteiger partial charge in [-0.2, -0.15) is 0 Å². The Labute approximate surface area is 458 Å². The van der Waals surface area contributed by atoms with Crippen molar-refractivity contribution in [1.82, 2.24) is 36.4 Å². The van der Waals surface area contributed by atoms with Crippen molar-refractivity contribution in [3.05, 3.63) is 29.8 Å². The molecule has 1 aromatic rings. The first-order valence-electron chi connectivity index (χ1n) is 27.1. The summed E-state index contributed by atoms with van der Waals surface area (Å²) in [6.45, 7) is 6.22. The smallest absolute Gasteiger partial charge is 0.325 e. The van der Waals surface area contributed by atoms with Crippen LogP contribution in [0.5, 0.6) is 5.75 Å². The maximum Gasteiger partial charge on any atom is 0.325 e. The molecule has 3 aliphatic rings. The van der Waals surface area contributed by atoms with E-state index < -0.39 is 177 Å². The largest absolute Gasteiger partial charge is 0.426 e. The van der Waals surface area contributed by atoms with Crippen LogP contribution in [0, 0.1) is 11.8 Å². The number of esters is 1. The lowest BCUT2D eigenvalue weighted by molar-refractivity contribution is -0.149. The number of rotatable bonds is 22. The van der Waals surface area contributed by atoms with Crippen molar-refractivity contribution in [2.24, 2.45) is 23.3 Å². The fraction of sp³-hybridized carbons (Fsp3) is 0.712. The average Bonchev–Trinajstić information content (AvgIpc) is 4.00. The summed E-state index contributed by atoms with van der Waals surface area (Å²) in [7, 11) is 0. The summed E-state index contributed by atoms with van der Waals surface area (Å²) in [4.78, 5) is 125. The summed E-state index contributed by atoms with van der Waals surface area (Å²) in [6, 6.07) is -7.40. The number of unbranched alkanes of at least 4 members (excludes halogenated alkanes) is 5. The lowest BCUT2D eigenvalue weighted by Gasteiger charge is -2.34. The van der Waals surface area contributed by atoms with Gasteiger partial charge >= 0.3 is 5.97 Å². The van der Waals surface area contributed by atoms with Crippen LogP contribution in [0.1, 0.15) is 129 Å². The van der Waals surface area contributed by atoms with Gasteiger partial charge in [0.1, 0.15) is 60.3 Å². The molecule has 0 spiro atoms. The van der Waals surface area contributed by atoms with Gasteiger partial charge in [0, 0.05) is 32.4 Å². The molecule has 0 saturated carbocycles. The number of nitrogens with zero attached hydrogens (tertiary/aromatic N) is 2. The number of ether oxygens (including phenoxy) is 1. The van der Waals surface area contributed by atoms with E-state index in [0.717, 1.165) is 62.5 Å². The number of aliphatic hydroxyl groups excluding tert-OH is 8. The molecule has 0 radical (unpaired) electrons. The molecule has 3 fully saturated rings. The Balaban J connectivity index is 1.71. The lowest BCUT2D eigenvalue weighted by Crippen LogP contribution is -2.64. The topological polar surface area (TPSA) is 443 Å². The molecule has 16 atom stereocenters. The first-order chi connectivity index (χ1) is 37.3. The number of benzene rings is 1. The first kappa shape index (κ1) is 65.6. The zero-order chi connectivity index (χ0) is 58.8. The van der Waals surface area contributed by atoms with Gasteiger partial charge in [0.2, 0.25) is 47.3 Å². The second kappa shape index (κ2) is 31.2. The molecular formula is C52H83N9O18. The van der Waals surface area contributed by atoms with Gasteiger partial charge in [-0.05, 0) is 55.7 Å². The van der Waals surface area contributed by atoms with Crippen LogP contribution in [0.4, 0.5) is 0 Å². The molecule has 3 heterocycles. The van der Waals surface area contributed by atoms with Gasteiger partial charge in [-0.15, -0.1) is 0 Å². The third-order valence-corrected chi connectivity index (χ3v) is 14.7. The molecule has 4 rings (SSSR count). The predicted octanol–water partition coefficient (Wildman–Crippen LogP) is -4.18. The second-order valence-corrected chi connectivity index (χ2v) is 21.2. The van der Waals surface area contributed by atoms with Crippen LogP contribution >= 0.6 is 0 Å². The minimum absolute atomic E-state index is 0.0458. The van der Waals surface area contributed by atoms with Gasteiger partial charge in [-0.25, -0.2) is 0 Å². The average molecular weight is 1120 g/mol. The summed E-state index contributed by atoms with van der Waals surface area (Å²) in [6.07, 6.45) is -10.5. The molecule has 0 bridgehead atoms. The van der Waals surface area contributed by atoms with Crippen molar-refractivity contribution in [3.8, 4) is 5.75 Å². The molecule has 17 N–H and O–H groups in total. The van der Waals surface area contributed by atoms with E-state index in [1.807, 2.05) is 0 Å². The molecule has 0 aliphatic carbocycles. The number of nitrogens with two attached hydrogens (primary N) is 2. The first-order valence-corrected chi connectivity index (χ1v) is 27.1. The third-order valence-electron chi connectivity index (χ3n) is 14.7. The van der Waals surface area contributed by atoms with Gasteiger partial charge in [-0.1, -0.05) is 77.8 Å². The lowest BCUT2D eigenvalue weighted by atomic mass is 9.91. The molecule has 3 aliphatic heterocycles. The number of nitrogens with one attached hydrogen (secondary N) is 5. The van der Waals surface area contributed by atoms with Crippen LogP contribution in [-0.2, 0) is 43.2 Å². The Morgan fingerprint density at radius 2 is 1.34 bits per heavy atom. The van der Waals surface area contributed by atoms with E-state index in [2.05, 4.69) is 47.4 Å². The second-order valence-electron chi connectivity index (χ2n) is 21.2. The highest BCUT2D eigenvalue weighted by Crippen LogP contribution is 2.27. The summed E-state index contributed by atoms with van der Waals surface area (Å²) >= 11 is 0. The molecule has 27 heteroatoms. The van der Waals surface area contributed by atoms with Crippen molar-refractivity contribution >= 4 is 53.2 Å². The molecule has 1 aromatic carbocycles. The zero-order valence-electron chi connectivity index (χ0n) is 45.3. The fourth-order valence-electron chi connectivity index (χ4n) is 10.0. The minimum Gasteiger partial charge on any atom is -0.426 e. The number of hydrogen-bond donors (Lipinski definition) is 15. The number of primary amides is 1. The Hall–Kier alpha value is -5.91. The quantitative estimate of drug-likeness (QED) is 0.0297. The van der Waals surface area contributed by atoms with Crippen molar-refractivity contribution in [1.29, 1.82) is 0 Å². The molecule has 0 aromatic heterocycles. The Kier molecular flexibility index (Phi) is 25.9. The molecule has 79 heavy (non-hydrogen) atoms. The van der Waals surface area contributed by atoms with E-state index in [1.54, 1.807) is 0 Å². The highest BCUT2D eigenvalue weighted by atomic mass is 16.5. The SMILES string of the molecule is CCC(C)CC(C)CCCCCCCCC(=O)N[C@H]1C[C@@H](O)[C@@H](O)NC(=O)[C@@H]2[C@@H](O)CCN2C(=O)[C@H]([C@H](O)CC(N)=O)NC(=O)[C@H]([C@H](O)[C@@H](O)c2ccc(OC(=O)CN)cc2)NC(=O)[C@@H]2C[C@@H](O)CN2C(=O)[C@H]([C@H](C)O)NC1=O. The van der Waals surface area contributed by atoms with Gasteiger partial charge in [0.25, 0.3) is 0 Å². The summed E-state index contributed by atoms with van der Waals surface area (Å²) < 4.78 is 5.03. The van der Waals surface area contributed by atoms with Crippen LogP contribution in [0.3, 0.4) is 0 Å². The van der Waals surface area contributed by atoms with Gasteiger partial charge in [0.15, 0.2) is 6.23 Å². The Morgan fingerprint density at radius 3 is 1.96 bits per heavy atom. The fourth-order valence-corrected chi connectivity index (χ4v) is 10.0. The summed E-state index contributed by atoms with van der Waals surface area (Å²) in [5.74, 6) is -9.35. The molecule has 444 valence electrons. The third kappa shape index (κ3) is 19.1. The zero-order valence-corrected chi connectivity index (χ0v) is 45.3. The van der Waals surface area contributed by atoms with Crippen molar-refractivity contribution in [3.63, 3.8) is 0 Å². The van der Waals surface area contributed by atoms with Gasteiger partial charge in [-0.3, -0.25) is 43.2 Å². The molecular weight excluding hydrogens is 1040 g/mol. The van der Waals surface area contributed by atoms with Crippen LogP contribution in [0.15, 0.2) is 24.3 Å². The van der Waals surface area contributed by atoms with Crippen molar-refractivity contribution in [2.75, 3.05) is 19.6 Å². The monoisotopic (exact) mass is 1120 g/mol. The van der Waals surface area contributed by atoms with E-state index in [-0.39, 0.29) is 24.2 Å². The predicted molar refractivity (Wildman–Crippen MR) is 279 cm³/mol. The van der Waals surface area contributed by atoms with Crippen LogP contribution in [0.25, 0.3) is 0 Å². The van der Waals surface area contributed by atoms with Crippen LogP contribution < -0.4 is 42.8 Å². The molecule has 3 saturated heterocycles. The van der Waals surface area contributed by atoms with E-state index >= 15 is 0 Å². The maximum atomic E-state index is 14.5. The van der Waals surface area contributed by atoms with Crippen LogP contribution in [0.2, 0.25) is 0 Å². The van der Waals surface area contributed by atoms with Crippen molar-refractivity contribution in [2.45, 2.75) is 203 Å². The van der Waals surface area contributed by atoms with Crippen molar-refractivity contribution < 1.29 is 88.7 Å². The minimum atomic E-state index is -2.41. The molecule has 8 amide bonds. The van der Waals surface area contributed by atoms with Gasteiger partial charge < -0.3 is 93.4 Å². The standard InChI is InChI=1S/C52H83N9O18/c1-5-26(2)20-27(3)12-10-8-6-7-9-11-13-38(68)55-32-22-36(66)48(74)59-50(76)43-34(64)18-19-60(43)52(78)41(35(65)23-37(54)67)57-49(75)42(45(71)44(70)29-14-16-31(17-15-29)79-39(69)24-53)58-47(73)33-21-30(63)25-61(33)51(77)40(28(4)62)56-46(32)72/h14-17,26-28,30,32-36,40-45,48,62-66,70-71,74H,5-13,18-25,53H2,1-4H3,(H2,54,67)(H,55,68)(H,56,72)(H,57,75)(H,58,73)(H,59,76)/t26?,27?,28-,30+,32-,33-,34-,35+,36+,40-,41-,42-,43-,44-,45-,48+/m0/s1. The number of hydrogen-bond acceptors (Lipinski definition) is 19. The Bertz CT molecular complexity index is 2240. The van der Waals surface area contributed by atoms with E-state index in [4.69, 9.17) is 16.2 Å². The number of carbonyl (C=O) groups excluding carboxylic acids is 9. The van der Waals surface area contributed by atoms with E-state index in [1.165, 1.54) is 18.6 Å². The number of carbonyl (C=O) groups is 9. The van der Waals surface area contributed by atoms with Crippen LogP contribution in [-0.4, -0.2) is 203 Å². The Morgan fingerprint density at radius 1 is 0.734 bits per heavy atom. The number of aliphatic hydroxyl groups is 8. The van der Waals surface area contributed by atoms with Gasteiger partial charge in [0.05, 0.1) is 37.4 Å². The molecule has 2 unspecified atom stereocenters. The van der Waals surface area contributed by atoms with E-state index in [9.17, 15) is 84.0 Å². The van der Waals surface area contributed by atoms with E-state index in [0.29, 0.717) is 29.6 Å². The highest BCUT2D eigenvalue weighted by Gasteiger charge is 2.49. The number of amides is 8. The summed E-state index contributed by atoms with van der Waals surface area (Å²) in [5.41, 5.74) is 10.5. The normalized spacial score (nSPS) is 28.1. The maximum absolute atomic E-state index is 14.5. The number of fused-ring (bicyclic) bond motifs is 2. The molecule has 27 nitrogen and oxygen atoms in total. The highest BCUT2D eigenvalue weighted by molar-refractivity contribution is 5.98. The summed E-state index contributed by atoms with van der Waals surface area (Å²) in [5, 5.41) is 101.